The number of hydrogen-bond acceptors (Lipinski definition) is 4. The Morgan fingerprint density at radius 2 is 1.62 bits per heavy atom. The van der Waals surface area contributed by atoms with Crippen LogP contribution in [0.3, 0.4) is 0 Å². The number of amides is 2. The minimum Gasteiger partial charge on any atom is -0.504 e. The fraction of sp³-hybridized carbons (Fsp3) is 0.200. The number of rotatable bonds is 5. The standard InChI is InChI=1S/C12H16O2.C8H8N2O2/c1-4-6-9-7-8-11(13)12(14-3)10(9)5-2;9-7(11)5-3-1-2-4-6(5)8(10)12/h4,6-8,13H,5H2,1-3H3;1-4H,(H2,9,11)(H2,10,12). The van der Waals surface area contributed by atoms with Crippen molar-refractivity contribution >= 4 is 17.9 Å². The minimum absolute atomic E-state index is 0.157. The first-order valence-corrected chi connectivity index (χ1v) is 8.07. The molecule has 0 unspecified atom stereocenters. The molecule has 0 atom stereocenters. The zero-order valence-electron chi connectivity index (χ0n) is 15.2. The summed E-state index contributed by atoms with van der Waals surface area (Å²) in [4.78, 5) is 21.5. The first-order valence-electron chi connectivity index (χ1n) is 8.07. The number of phenolic OH excluding ortho intramolecular Hbond substituents is 1. The zero-order chi connectivity index (χ0) is 19.7. The number of allylic oxidation sites excluding steroid dienone is 1. The fourth-order valence-electron chi connectivity index (χ4n) is 2.47. The van der Waals surface area contributed by atoms with Gasteiger partial charge in [0.2, 0.25) is 11.8 Å². The number of carbonyl (C=O) groups excluding carboxylic acids is 2. The predicted molar refractivity (Wildman–Crippen MR) is 102 cm³/mol. The molecule has 0 radical (unpaired) electrons. The Balaban J connectivity index is 0.000000263. The molecule has 0 aliphatic heterocycles. The van der Waals surface area contributed by atoms with Gasteiger partial charge in [-0.1, -0.05) is 37.3 Å². The van der Waals surface area contributed by atoms with E-state index in [0.717, 1.165) is 17.5 Å². The second kappa shape index (κ2) is 9.88. The van der Waals surface area contributed by atoms with Crippen molar-refractivity contribution < 1.29 is 19.4 Å². The molecule has 0 bridgehead atoms. The van der Waals surface area contributed by atoms with Crippen molar-refractivity contribution in [3.8, 4) is 11.5 Å². The number of aromatic hydroxyl groups is 1. The summed E-state index contributed by atoms with van der Waals surface area (Å²) in [7, 11) is 1.58. The maximum atomic E-state index is 10.7. The molecule has 2 amide bonds. The fourth-order valence-corrected chi connectivity index (χ4v) is 2.47. The van der Waals surface area contributed by atoms with E-state index in [2.05, 4.69) is 0 Å². The largest absolute Gasteiger partial charge is 0.504 e. The van der Waals surface area contributed by atoms with Crippen molar-refractivity contribution in [2.24, 2.45) is 11.5 Å². The van der Waals surface area contributed by atoms with E-state index in [9.17, 15) is 14.7 Å². The van der Waals surface area contributed by atoms with Crippen molar-refractivity contribution in [2.75, 3.05) is 7.11 Å². The first-order chi connectivity index (χ1) is 12.4. The van der Waals surface area contributed by atoms with Crippen LogP contribution in [0.1, 0.15) is 45.7 Å². The molecule has 0 aromatic heterocycles. The summed E-state index contributed by atoms with van der Waals surface area (Å²) < 4.78 is 5.17. The topological polar surface area (TPSA) is 116 Å². The van der Waals surface area contributed by atoms with Crippen LogP contribution in [0.4, 0.5) is 0 Å². The van der Waals surface area contributed by atoms with E-state index in [1.54, 1.807) is 25.3 Å². The predicted octanol–water partition coefficient (Wildman–Crippen LogP) is 2.88. The Morgan fingerprint density at radius 1 is 1.08 bits per heavy atom. The van der Waals surface area contributed by atoms with Gasteiger partial charge in [0.1, 0.15) is 0 Å². The van der Waals surface area contributed by atoms with Crippen LogP contribution >= 0.6 is 0 Å². The molecule has 0 fully saturated rings. The van der Waals surface area contributed by atoms with Gasteiger partial charge < -0.3 is 21.3 Å². The molecular weight excluding hydrogens is 332 g/mol. The molecule has 2 aromatic carbocycles. The van der Waals surface area contributed by atoms with E-state index in [1.807, 2.05) is 32.1 Å². The number of methoxy groups -OCH3 is 1. The summed E-state index contributed by atoms with van der Waals surface area (Å²) in [6.45, 7) is 4.02. The van der Waals surface area contributed by atoms with Gasteiger partial charge in [0.05, 0.1) is 18.2 Å². The monoisotopic (exact) mass is 356 g/mol. The van der Waals surface area contributed by atoms with Gasteiger partial charge in [-0.3, -0.25) is 9.59 Å². The average Bonchev–Trinajstić information content (AvgIpc) is 2.63. The van der Waals surface area contributed by atoms with E-state index in [0.29, 0.717) is 5.75 Å². The summed E-state index contributed by atoms with van der Waals surface area (Å²) in [5.41, 5.74) is 12.5. The van der Waals surface area contributed by atoms with Gasteiger partial charge in [-0.25, -0.2) is 0 Å². The molecule has 0 aliphatic carbocycles. The summed E-state index contributed by atoms with van der Waals surface area (Å²) in [5.74, 6) is -0.505. The molecule has 0 saturated carbocycles. The highest BCUT2D eigenvalue weighted by Gasteiger charge is 2.11. The SMILES string of the molecule is CC=Cc1ccc(O)c(OC)c1CC.NC(=O)c1ccccc1C(N)=O. The Labute approximate surface area is 153 Å². The van der Waals surface area contributed by atoms with Crippen LogP contribution in [0.25, 0.3) is 6.08 Å². The molecule has 138 valence electrons. The molecule has 5 N–H and O–H groups in total. The molecule has 0 aliphatic rings. The van der Waals surface area contributed by atoms with Gasteiger partial charge in [-0.15, -0.1) is 0 Å². The number of nitrogens with two attached hydrogens (primary N) is 2. The van der Waals surface area contributed by atoms with Crippen molar-refractivity contribution in [2.45, 2.75) is 20.3 Å². The van der Waals surface area contributed by atoms with E-state index < -0.39 is 11.8 Å². The third-order valence-corrected chi connectivity index (χ3v) is 3.64. The lowest BCUT2D eigenvalue weighted by Gasteiger charge is -2.11. The van der Waals surface area contributed by atoms with Crippen molar-refractivity contribution in [3.63, 3.8) is 0 Å². The molecular formula is C20H24N2O4. The molecule has 2 rings (SSSR count). The number of primary amides is 2. The van der Waals surface area contributed by atoms with Gasteiger partial charge in [0.25, 0.3) is 0 Å². The Kier molecular flexibility index (Phi) is 7.89. The molecule has 6 nitrogen and oxygen atoms in total. The van der Waals surface area contributed by atoms with Crippen molar-refractivity contribution in [1.82, 2.24) is 0 Å². The third-order valence-electron chi connectivity index (χ3n) is 3.64. The quantitative estimate of drug-likeness (QED) is 0.764. The highest BCUT2D eigenvalue weighted by atomic mass is 16.5. The van der Waals surface area contributed by atoms with Crippen LogP contribution in [-0.4, -0.2) is 24.0 Å². The zero-order valence-corrected chi connectivity index (χ0v) is 15.2. The minimum atomic E-state index is -0.649. The van der Waals surface area contributed by atoms with Crippen molar-refractivity contribution in [3.05, 3.63) is 64.7 Å². The van der Waals surface area contributed by atoms with E-state index in [1.165, 1.54) is 12.1 Å². The number of phenols is 1. The summed E-state index contributed by atoms with van der Waals surface area (Å²) in [6, 6.07) is 9.72. The second-order valence-electron chi connectivity index (χ2n) is 5.31. The number of carbonyl (C=O) groups is 2. The lowest BCUT2D eigenvalue weighted by Crippen LogP contribution is -2.20. The highest BCUT2D eigenvalue weighted by molar-refractivity contribution is 6.06. The molecule has 2 aromatic rings. The normalized spacial score (nSPS) is 10.1. The van der Waals surface area contributed by atoms with E-state index >= 15 is 0 Å². The maximum absolute atomic E-state index is 10.7. The summed E-state index contributed by atoms with van der Waals surface area (Å²) >= 11 is 0. The van der Waals surface area contributed by atoms with Gasteiger partial charge in [0, 0.05) is 5.56 Å². The van der Waals surface area contributed by atoms with Crippen LogP contribution in [0.5, 0.6) is 11.5 Å². The second-order valence-corrected chi connectivity index (χ2v) is 5.31. The van der Waals surface area contributed by atoms with Crippen LogP contribution in [0, 0.1) is 0 Å². The summed E-state index contributed by atoms with van der Waals surface area (Å²) in [6.07, 6.45) is 4.84. The van der Waals surface area contributed by atoms with Crippen molar-refractivity contribution in [1.29, 1.82) is 0 Å². The van der Waals surface area contributed by atoms with E-state index in [4.69, 9.17) is 16.2 Å². The maximum Gasteiger partial charge on any atom is 0.249 e. The lowest BCUT2D eigenvalue weighted by atomic mass is 10.0. The molecule has 0 spiro atoms. The smallest absolute Gasteiger partial charge is 0.249 e. The molecule has 26 heavy (non-hydrogen) atoms. The van der Waals surface area contributed by atoms with Gasteiger partial charge in [0.15, 0.2) is 11.5 Å². The van der Waals surface area contributed by atoms with Gasteiger partial charge >= 0.3 is 0 Å². The Hall–Kier alpha value is -3.28. The van der Waals surface area contributed by atoms with Crippen LogP contribution in [-0.2, 0) is 6.42 Å². The molecule has 0 heterocycles. The van der Waals surface area contributed by atoms with Gasteiger partial charge in [-0.2, -0.15) is 0 Å². The summed E-state index contributed by atoms with van der Waals surface area (Å²) in [5, 5.41) is 9.57. The van der Waals surface area contributed by atoms with Crippen LogP contribution in [0.15, 0.2) is 42.5 Å². The molecule has 6 heteroatoms. The van der Waals surface area contributed by atoms with Crippen LogP contribution < -0.4 is 16.2 Å². The number of hydrogen-bond donors (Lipinski definition) is 3. The van der Waals surface area contributed by atoms with E-state index in [-0.39, 0.29) is 16.9 Å². The Bertz CT molecular complexity index is 780. The van der Waals surface area contributed by atoms with Gasteiger partial charge in [-0.05, 0) is 37.1 Å². The number of ether oxygens (including phenoxy) is 1. The highest BCUT2D eigenvalue weighted by Crippen LogP contribution is 2.33. The third kappa shape index (κ3) is 5.11. The average molecular weight is 356 g/mol. The van der Waals surface area contributed by atoms with Crippen LogP contribution in [0.2, 0.25) is 0 Å². The first kappa shape index (κ1) is 20.8. The molecule has 0 saturated heterocycles. The number of benzene rings is 2. The Morgan fingerprint density at radius 3 is 2.00 bits per heavy atom. The lowest BCUT2D eigenvalue weighted by molar-refractivity contribution is 0.0967.